The summed E-state index contributed by atoms with van der Waals surface area (Å²) in [5.74, 6) is 0.282. The van der Waals surface area contributed by atoms with Gasteiger partial charge in [-0.2, -0.15) is 0 Å². The molecule has 0 unspecified atom stereocenters. The molecule has 0 amide bonds. The van der Waals surface area contributed by atoms with Crippen LogP contribution in [0, 0.1) is 0 Å². The monoisotopic (exact) mass is 506 g/mol. The second-order valence-corrected chi connectivity index (χ2v) is 7.87. The minimum Gasteiger partial charge on any atom is -0.496 e. The molecule has 1 fully saturated rings. The molecule has 4 nitrogen and oxygen atoms in total. The first kappa shape index (κ1) is 21.2. The largest absolute Gasteiger partial charge is 0.573 e. The maximum atomic E-state index is 12.5. The Hall–Kier alpha value is -1.52. The first-order chi connectivity index (χ1) is 13.4. The number of hydrogen-bond donors (Lipinski definition) is 1. The van der Waals surface area contributed by atoms with Gasteiger partial charge in [-0.05, 0) is 36.6 Å². The van der Waals surface area contributed by atoms with Crippen molar-refractivity contribution < 1.29 is 22.6 Å². The molecule has 1 saturated heterocycles. The highest BCUT2D eigenvalue weighted by Crippen LogP contribution is 2.35. The molecule has 3 rings (SSSR count). The molecule has 1 heterocycles. The minimum absolute atomic E-state index is 0.171. The van der Waals surface area contributed by atoms with Gasteiger partial charge in [-0.25, -0.2) is 3.11 Å². The lowest BCUT2D eigenvalue weighted by Crippen LogP contribution is -2.44. The molecule has 1 aliphatic rings. The van der Waals surface area contributed by atoms with Crippen molar-refractivity contribution in [2.45, 2.75) is 37.8 Å². The summed E-state index contributed by atoms with van der Waals surface area (Å²) in [6, 6.07) is 14.7. The lowest BCUT2D eigenvalue weighted by atomic mass is 9.92. The van der Waals surface area contributed by atoms with Gasteiger partial charge in [0.1, 0.15) is 11.5 Å². The fourth-order valence-corrected chi connectivity index (χ4v) is 4.59. The maximum Gasteiger partial charge on any atom is 0.573 e. The van der Waals surface area contributed by atoms with E-state index < -0.39 is 6.36 Å². The number of nitrogens with zero attached hydrogens (tertiary/aromatic N) is 1. The van der Waals surface area contributed by atoms with Gasteiger partial charge in [0.2, 0.25) is 0 Å². The second kappa shape index (κ2) is 9.32. The van der Waals surface area contributed by atoms with Gasteiger partial charge >= 0.3 is 6.36 Å². The average Bonchev–Trinajstić information content (AvgIpc) is 2.66. The normalized spacial score (nSPS) is 20.8. The van der Waals surface area contributed by atoms with Gasteiger partial charge in [0, 0.05) is 47.6 Å². The number of hydrogen-bond acceptors (Lipinski definition) is 4. The molecular formula is C20H22F3IN2O2. The van der Waals surface area contributed by atoms with Gasteiger partial charge in [-0.1, -0.05) is 30.3 Å². The van der Waals surface area contributed by atoms with Gasteiger partial charge < -0.3 is 14.8 Å². The van der Waals surface area contributed by atoms with E-state index in [1.54, 1.807) is 0 Å². The molecule has 0 aliphatic carbocycles. The zero-order valence-corrected chi connectivity index (χ0v) is 17.5. The van der Waals surface area contributed by atoms with Crippen molar-refractivity contribution in [1.82, 2.24) is 8.43 Å². The van der Waals surface area contributed by atoms with Crippen molar-refractivity contribution in [1.29, 1.82) is 0 Å². The van der Waals surface area contributed by atoms with Crippen LogP contribution in [0.15, 0.2) is 48.5 Å². The topological polar surface area (TPSA) is 33.7 Å². The number of ether oxygens (including phenoxy) is 2. The zero-order chi connectivity index (χ0) is 20.1. The van der Waals surface area contributed by atoms with E-state index in [2.05, 4.69) is 48.2 Å². The van der Waals surface area contributed by atoms with E-state index >= 15 is 0 Å². The highest BCUT2D eigenvalue weighted by molar-refractivity contribution is 14.1. The van der Waals surface area contributed by atoms with Crippen molar-refractivity contribution in [3.63, 3.8) is 0 Å². The van der Waals surface area contributed by atoms with Crippen LogP contribution in [0.25, 0.3) is 0 Å². The van der Waals surface area contributed by atoms with E-state index in [9.17, 15) is 13.2 Å². The molecule has 2 aromatic carbocycles. The lowest BCUT2D eigenvalue weighted by Gasteiger charge is -2.38. The number of alkyl halides is 3. The molecule has 1 aliphatic heterocycles. The first-order valence-electron chi connectivity index (χ1n) is 9.01. The van der Waals surface area contributed by atoms with Gasteiger partial charge in [-0.15, -0.1) is 13.2 Å². The Morgan fingerprint density at radius 3 is 2.61 bits per heavy atom. The van der Waals surface area contributed by atoms with Crippen molar-refractivity contribution in [2.24, 2.45) is 0 Å². The SMILES string of the molecule is COc1ccc(OC(F)(F)F)cc1CN[C@H]1CCCN(I)[C@H]1c1ccccc1. The summed E-state index contributed by atoms with van der Waals surface area (Å²) >= 11 is 2.35. The van der Waals surface area contributed by atoms with Crippen LogP contribution in [0.1, 0.15) is 30.0 Å². The summed E-state index contributed by atoms with van der Waals surface area (Å²) in [7, 11) is 1.50. The fraction of sp³-hybridized carbons (Fsp3) is 0.400. The molecule has 0 aromatic heterocycles. The molecule has 0 saturated carbocycles. The van der Waals surface area contributed by atoms with Crippen molar-refractivity contribution in [2.75, 3.05) is 13.7 Å². The van der Waals surface area contributed by atoms with Gasteiger partial charge in [0.25, 0.3) is 0 Å². The molecule has 2 atom stereocenters. The van der Waals surface area contributed by atoms with Crippen LogP contribution < -0.4 is 14.8 Å². The molecule has 8 heteroatoms. The zero-order valence-electron chi connectivity index (χ0n) is 15.4. The number of benzene rings is 2. The molecule has 0 radical (unpaired) electrons. The number of piperidine rings is 1. The summed E-state index contributed by atoms with van der Waals surface area (Å²) in [5, 5.41) is 3.52. The summed E-state index contributed by atoms with van der Waals surface area (Å²) in [5.41, 5.74) is 1.84. The predicted octanol–water partition coefficient (Wildman–Crippen LogP) is 5.24. The Morgan fingerprint density at radius 1 is 1.18 bits per heavy atom. The van der Waals surface area contributed by atoms with Crippen LogP contribution in [-0.2, 0) is 6.54 Å². The third-order valence-electron chi connectivity index (χ3n) is 4.75. The third kappa shape index (κ3) is 5.51. The summed E-state index contributed by atoms with van der Waals surface area (Å²) in [6.07, 6.45) is -2.68. The summed E-state index contributed by atoms with van der Waals surface area (Å²) in [6.45, 7) is 1.38. The van der Waals surface area contributed by atoms with Crippen LogP contribution in [0.4, 0.5) is 13.2 Å². The Balaban J connectivity index is 1.76. The maximum absolute atomic E-state index is 12.5. The Labute approximate surface area is 176 Å². The standard InChI is InChI=1S/C20H22F3IN2O2/c1-27-18-10-9-16(28-20(21,22)23)12-15(18)13-25-17-8-5-11-26(24)19(17)14-6-3-2-4-7-14/h2-4,6-7,9-10,12,17,19,25H,5,8,11,13H2,1H3/t17-,19-/m0/s1. The Morgan fingerprint density at radius 2 is 1.93 bits per heavy atom. The van der Waals surface area contributed by atoms with Crippen LogP contribution in [-0.4, -0.2) is 29.2 Å². The fourth-order valence-electron chi connectivity index (χ4n) is 3.54. The van der Waals surface area contributed by atoms with Crippen LogP contribution in [0.5, 0.6) is 11.5 Å². The average molecular weight is 506 g/mol. The molecular weight excluding hydrogens is 484 g/mol. The summed E-state index contributed by atoms with van der Waals surface area (Å²) < 4.78 is 49.3. The van der Waals surface area contributed by atoms with E-state index in [4.69, 9.17) is 4.74 Å². The smallest absolute Gasteiger partial charge is 0.496 e. The highest BCUT2D eigenvalue weighted by Gasteiger charge is 2.32. The molecule has 28 heavy (non-hydrogen) atoms. The van der Waals surface area contributed by atoms with E-state index in [0.29, 0.717) is 17.9 Å². The Bertz CT molecular complexity index is 774. The minimum atomic E-state index is -4.72. The third-order valence-corrected chi connectivity index (χ3v) is 5.83. The van der Waals surface area contributed by atoms with Crippen LogP contribution in [0.2, 0.25) is 0 Å². The van der Waals surface area contributed by atoms with Crippen molar-refractivity contribution in [3.05, 3.63) is 59.7 Å². The molecule has 2 aromatic rings. The van der Waals surface area contributed by atoms with E-state index in [1.807, 2.05) is 18.2 Å². The first-order valence-corrected chi connectivity index (χ1v) is 9.97. The van der Waals surface area contributed by atoms with E-state index in [0.717, 1.165) is 19.4 Å². The van der Waals surface area contributed by atoms with E-state index in [-0.39, 0.29) is 17.8 Å². The summed E-state index contributed by atoms with van der Waals surface area (Å²) in [4.78, 5) is 0. The van der Waals surface area contributed by atoms with E-state index in [1.165, 1.54) is 30.9 Å². The molecule has 0 spiro atoms. The lowest BCUT2D eigenvalue weighted by molar-refractivity contribution is -0.274. The van der Waals surface area contributed by atoms with Crippen molar-refractivity contribution >= 4 is 22.9 Å². The van der Waals surface area contributed by atoms with Crippen molar-refractivity contribution in [3.8, 4) is 11.5 Å². The van der Waals surface area contributed by atoms with Gasteiger partial charge in [-0.3, -0.25) is 0 Å². The van der Waals surface area contributed by atoms with Crippen LogP contribution in [0.3, 0.4) is 0 Å². The van der Waals surface area contributed by atoms with Gasteiger partial charge in [0.05, 0.1) is 13.2 Å². The second-order valence-electron chi connectivity index (χ2n) is 6.63. The van der Waals surface area contributed by atoms with Crippen LogP contribution >= 0.6 is 22.9 Å². The number of methoxy groups -OCH3 is 1. The number of nitrogens with one attached hydrogen (secondary N) is 1. The number of rotatable bonds is 6. The molecule has 0 bridgehead atoms. The Kier molecular flexibility index (Phi) is 7.05. The predicted molar refractivity (Wildman–Crippen MR) is 109 cm³/mol. The highest BCUT2D eigenvalue weighted by atomic mass is 127. The molecule has 1 N–H and O–H groups in total. The molecule has 152 valence electrons. The number of halogens is 4. The quantitative estimate of drug-likeness (QED) is 0.430. The van der Waals surface area contributed by atoms with Gasteiger partial charge in [0.15, 0.2) is 0 Å².